The fraction of sp³-hybridized carbons (Fsp3) is 0.643. The van der Waals surface area contributed by atoms with Crippen LogP contribution in [0.3, 0.4) is 0 Å². The average molecular weight is 241 g/mol. The van der Waals surface area contributed by atoms with Gasteiger partial charge in [0.25, 0.3) is 0 Å². The van der Waals surface area contributed by atoms with Gasteiger partial charge >= 0.3 is 6.09 Å². The maximum atomic E-state index is 10.5. The van der Waals surface area contributed by atoms with Crippen molar-refractivity contribution < 1.29 is 9.53 Å². The average Bonchev–Trinajstić information content (AvgIpc) is 2.25. The predicted octanol–water partition coefficient (Wildman–Crippen LogP) is 4.06. The van der Waals surface area contributed by atoms with Crippen LogP contribution in [0.25, 0.3) is 0 Å². The van der Waals surface area contributed by atoms with Crippen molar-refractivity contribution in [3.8, 4) is 0 Å². The summed E-state index contributed by atoms with van der Waals surface area (Å²) in [7, 11) is 1.54. The Balaban J connectivity index is 0. The van der Waals surface area contributed by atoms with Gasteiger partial charge in [-0.3, -0.25) is 0 Å². The van der Waals surface area contributed by atoms with E-state index in [9.17, 15) is 4.79 Å². The maximum absolute atomic E-state index is 10.5. The highest BCUT2D eigenvalue weighted by molar-refractivity contribution is 5.67. The molecule has 3 nitrogen and oxygen atoms in total. The second-order valence-corrected chi connectivity index (χ2v) is 4.70. The molecule has 0 fully saturated rings. The minimum Gasteiger partial charge on any atom is -0.444 e. The molecule has 0 aliphatic heterocycles. The molecule has 0 bridgehead atoms. The molecule has 0 atom stereocenters. The van der Waals surface area contributed by atoms with Gasteiger partial charge in [0.05, 0.1) is 0 Å². The predicted molar refractivity (Wildman–Crippen MR) is 74.2 cm³/mol. The van der Waals surface area contributed by atoms with Crippen LogP contribution in [-0.2, 0) is 4.74 Å². The van der Waals surface area contributed by atoms with Crippen LogP contribution in [0.2, 0.25) is 0 Å². The zero-order chi connectivity index (χ0) is 14.1. The summed E-state index contributed by atoms with van der Waals surface area (Å²) in [6, 6.07) is 0. The first-order valence-corrected chi connectivity index (χ1v) is 5.84. The standard InChI is InChI=1S/C8H14.C6H13NO2/c1-5-7(3)8(4)6-2;1-6(2,3)9-5(8)7-4/h5-6H,1-4H3;1-4H3,(H,7,8)/b7-5+,8-6+;. The van der Waals surface area contributed by atoms with Gasteiger partial charge in [0.2, 0.25) is 0 Å². The molecule has 0 aromatic heterocycles. The Morgan fingerprint density at radius 3 is 1.53 bits per heavy atom. The lowest BCUT2D eigenvalue weighted by molar-refractivity contribution is 0.0541. The largest absolute Gasteiger partial charge is 0.444 e. The first-order valence-electron chi connectivity index (χ1n) is 5.84. The van der Waals surface area contributed by atoms with Crippen LogP contribution in [0.4, 0.5) is 4.79 Å². The Morgan fingerprint density at radius 2 is 1.41 bits per heavy atom. The third-order valence-electron chi connectivity index (χ3n) is 2.09. The van der Waals surface area contributed by atoms with E-state index >= 15 is 0 Å². The zero-order valence-corrected chi connectivity index (χ0v) is 12.5. The lowest BCUT2D eigenvalue weighted by atomic mass is 10.1. The van der Waals surface area contributed by atoms with Gasteiger partial charge in [-0.2, -0.15) is 0 Å². The van der Waals surface area contributed by atoms with Crippen LogP contribution < -0.4 is 5.32 Å². The van der Waals surface area contributed by atoms with Crippen LogP contribution in [0.1, 0.15) is 48.5 Å². The summed E-state index contributed by atoms with van der Waals surface area (Å²) in [5.41, 5.74) is 2.35. The van der Waals surface area contributed by atoms with E-state index in [0.29, 0.717) is 0 Å². The molecule has 0 spiro atoms. The number of alkyl carbamates (subject to hydrolysis) is 1. The summed E-state index contributed by atoms with van der Waals surface area (Å²) >= 11 is 0. The third kappa shape index (κ3) is 12.7. The van der Waals surface area contributed by atoms with E-state index in [-0.39, 0.29) is 11.7 Å². The van der Waals surface area contributed by atoms with Crippen molar-refractivity contribution in [2.24, 2.45) is 0 Å². The molecule has 1 N–H and O–H groups in total. The molecule has 0 saturated carbocycles. The summed E-state index contributed by atoms with van der Waals surface area (Å²) < 4.78 is 4.84. The van der Waals surface area contributed by atoms with Crippen LogP contribution >= 0.6 is 0 Å². The van der Waals surface area contributed by atoms with Crippen LogP contribution in [-0.4, -0.2) is 18.7 Å². The Bertz CT molecular complexity index is 267. The van der Waals surface area contributed by atoms with E-state index < -0.39 is 0 Å². The van der Waals surface area contributed by atoms with Gasteiger partial charge in [-0.1, -0.05) is 23.3 Å². The van der Waals surface area contributed by atoms with Gasteiger partial charge in [0, 0.05) is 7.05 Å². The number of hydrogen-bond acceptors (Lipinski definition) is 2. The van der Waals surface area contributed by atoms with Gasteiger partial charge in [-0.15, -0.1) is 0 Å². The fourth-order valence-corrected chi connectivity index (χ4v) is 0.784. The lowest BCUT2D eigenvalue weighted by Gasteiger charge is -2.18. The van der Waals surface area contributed by atoms with Gasteiger partial charge < -0.3 is 10.1 Å². The Kier molecular flexibility index (Phi) is 9.44. The molecule has 0 heterocycles. The highest BCUT2D eigenvalue weighted by Crippen LogP contribution is 2.06. The van der Waals surface area contributed by atoms with Crippen molar-refractivity contribution in [3.63, 3.8) is 0 Å². The van der Waals surface area contributed by atoms with E-state index in [0.717, 1.165) is 0 Å². The quantitative estimate of drug-likeness (QED) is 0.703. The molecule has 3 heteroatoms. The van der Waals surface area contributed by atoms with Crippen LogP contribution in [0, 0.1) is 0 Å². The van der Waals surface area contributed by atoms with Crippen LogP contribution in [0.15, 0.2) is 23.3 Å². The molecule has 1 amide bonds. The van der Waals surface area contributed by atoms with E-state index in [1.165, 1.54) is 18.2 Å². The number of carbonyl (C=O) groups excluding carboxylic acids is 1. The lowest BCUT2D eigenvalue weighted by Crippen LogP contribution is -2.30. The number of amides is 1. The first-order chi connectivity index (χ1) is 7.67. The zero-order valence-electron chi connectivity index (χ0n) is 12.5. The second kappa shape index (κ2) is 8.85. The SMILES string of the molecule is C/C=C(C)/C(C)=C/C.CNC(=O)OC(C)(C)C. The Morgan fingerprint density at radius 1 is 1.06 bits per heavy atom. The van der Waals surface area contributed by atoms with Crippen molar-refractivity contribution in [2.75, 3.05) is 7.05 Å². The van der Waals surface area contributed by atoms with Crippen molar-refractivity contribution >= 4 is 6.09 Å². The molecular weight excluding hydrogens is 214 g/mol. The highest BCUT2D eigenvalue weighted by atomic mass is 16.6. The summed E-state index contributed by atoms with van der Waals surface area (Å²) in [5.74, 6) is 0. The number of carbonyl (C=O) groups is 1. The fourth-order valence-electron chi connectivity index (χ4n) is 0.784. The molecule has 0 unspecified atom stereocenters. The minimum absolute atomic E-state index is 0.387. The molecule has 0 aromatic carbocycles. The molecular formula is C14H27NO2. The minimum atomic E-state index is -0.389. The number of nitrogens with one attached hydrogen (secondary N) is 1. The summed E-state index contributed by atoms with van der Waals surface area (Å²) in [4.78, 5) is 10.5. The molecule has 0 saturated heterocycles. The number of rotatable bonds is 1. The number of hydrogen-bond donors (Lipinski definition) is 1. The Labute approximate surface area is 106 Å². The van der Waals surface area contributed by atoms with E-state index in [2.05, 4.69) is 45.2 Å². The maximum Gasteiger partial charge on any atom is 0.407 e. The molecule has 0 aliphatic rings. The van der Waals surface area contributed by atoms with Crippen LogP contribution in [0.5, 0.6) is 0 Å². The van der Waals surface area contributed by atoms with Crippen molar-refractivity contribution in [1.29, 1.82) is 0 Å². The van der Waals surface area contributed by atoms with Gasteiger partial charge in [-0.05, 0) is 48.5 Å². The monoisotopic (exact) mass is 241 g/mol. The number of allylic oxidation sites excluding steroid dienone is 4. The summed E-state index contributed by atoms with van der Waals surface area (Å²) in [6.07, 6.45) is 3.85. The number of ether oxygens (including phenoxy) is 1. The van der Waals surface area contributed by atoms with Crippen molar-refractivity contribution in [1.82, 2.24) is 5.32 Å². The molecule has 0 aliphatic carbocycles. The highest BCUT2D eigenvalue weighted by Gasteiger charge is 2.13. The topological polar surface area (TPSA) is 38.3 Å². The third-order valence-corrected chi connectivity index (χ3v) is 2.09. The van der Waals surface area contributed by atoms with Gasteiger partial charge in [0.1, 0.15) is 5.60 Å². The van der Waals surface area contributed by atoms with Crippen molar-refractivity contribution in [3.05, 3.63) is 23.3 Å². The van der Waals surface area contributed by atoms with Gasteiger partial charge in [-0.25, -0.2) is 4.79 Å². The molecule has 0 rings (SSSR count). The van der Waals surface area contributed by atoms with E-state index in [1.807, 2.05) is 20.8 Å². The summed E-state index contributed by atoms with van der Waals surface area (Å²) in [5, 5.41) is 2.36. The molecule has 0 radical (unpaired) electrons. The molecule has 100 valence electrons. The normalized spacial score (nSPS) is 12.5. The van der Waals surface area contributed by atoms with Gasteiger partial charge in [0.15, 0.2) is 0 Å². The summed E-state index contributed by atoms with van der Waals surface area (Å²) in [6.45, 7) is 13.8. The van der Waals surface area contributed by atoms with E-state index in [1.54, 1.807) is 0 Å². The second-order valence-electron chi connectivity index (χ2n) is 4.70. The molecule has 17 heavy (non-hydrogen) atoms. The Hall–Kier alpha value is -1.25. The smallest absolute Gasteiger partial charge is 0.407 e. The van der Waals surface area contributed by atoms with E-state index in [4.69, 9.17) is 4.74 Å². The van der Waals surface area contributed by atoms with Crippen molar-refractivity contribution in [2.45, 2.75) is 54.1 Å². The molecule has 0 aromatic rings. The first kappa shape index (κ1) is 18.1.